The second-order valence-electron chi connectivity index (χ2n) is 7.28. The van der Waals surface area contributed by atoms with Crippen molar-refractivity contribution in [3.63, 3.8) is 0 Å². The van der Waals surface area contributed by atoms with Crippen LogP contribution in [0.15, 0.2) is 44.7 Å². The summed E-state index contributed by atoms with van der Waals surface area (Å²) in [7, 11) is 1.41. The van der Waals surface area contributed by atoms with Gasteiger partial charge in [0.2, 0.25) is 0 Å². The van der Waals surface area contributed by atoms with E-state index in [2.05, 4.69) is 26.0 Å². The molecule has 0 unspecified atom stereocenters. The SMILES string of the molecule is COc1cc(C=Nn2c(C(C)C)nc3ccc(Br)cc3c2=O)cc(Cl)c1O[C@H](C)C(=O)O. The molecular formula is C22H21BrClN3O5. The normalized spacial score (nSPS) is 12.5. The molecule has 2 aromatic carbocycles. The summed E-state index contributed by atoms with van der Waals surface area (Å²) in [6.45, 7) is 5.24. The number of aliphatic carboxylic acids is 1. The first-order valence-corrected chi connectivity index (χ1v) is 10.8. The van der Waals surface area contributed by atoms with Gasteiger partial charge in [0, 0.05) is 10.4 Å². The van der Waals surface area contributed by atoms with Crippen molar-refractivity contribution in [3.8, 4) is 11.5 Å². The fourth-order valence-electron chi connectivity index (χ4n) is 2.93. The summed E-state index contributed by atoms with van der Waals surface area (Å²) in [6, 6.07) is 8.45. The van der Waals surface area contributed by atoms with Gasteiger partial charge in [-0.1, -0.05) is 41.4 Å². The number of hydrogen-bond acceptors (Lipinski definition) is 6. The van der Waals surface area contributed by atoms with E-state index in [1.165, 1.54) is 24.9 Å². The molecule has 0 aliphatic rings. The average Bonchev–Trinajstić information content (AvgIpc) is 2.74. The minimum absolute atomic E-state index is 0.0562. The molecule has 1 aromatic heterocycles. The zero-order valence-corrected chi connectivity index (χ0v) is 20.1. The molecule has 0 spiro atoms. The molecule has 1 N–H and O–H groups in total. The van der Waals surface area contributed by atoms with Crippen LogP contribution in [0, 0.1) is 0 Å². The Morgan fingerprint density at radius 1 is 1.28 bits per heavy atom. The van der Waals surface area contributed by atoms with Gasteiger partial charge in [0.25, 0.3) is 5.56 Å². The Balaban J connectivity index is 2.08. The van der Waals surface area contributed by atoms with E-state index in [0.29, 0.717) is 22.3 Å². The predicted molar refractivity (Wildman–Crippen MR) is 127 cm³/mol. The van der Waals surface area contributed by atoms with Crippen LogP contribution in [0.2, 0.25) is 5.02 Å². The summed E-state index contributed by atoms with van der Waals surface area (Å²) in [5.41, 5.74) is 0.815. The molecule has 0 aliphatic heterocycles. The van der Waals surface area contributed by atoms with Gasteiger partial charge in [-0.2, -0.15) is 9.78 Å². The van der Waals surface area contributed by atoms with Crippen molar-refractivity contribution in [2.45, 2.75) is 32.8 Å². The molecule has 0 saturated heterocycles. The second-order valence-corrected chi connectivity index (χ2v) is 8.60. The van der Waals surface area contributed by atoms with E-state index in [-0.39, 0.29) is 28.0 Å². The van der Waals surface area contributed by atoms with Gasteiger partial charge < -0.3 is 14.6 Å². The van der Waals surface area contributed by atoms with E-state index in [1.54, 1.807) is 24.3 Å². The Morgan fingerprint density at radius 3 is 2.62 bits per heavy atom. The molecule has 0 bridgehead atoms. The van der Waals surface area contributed by atoms with Crippen LogP contribution in [0.3, 0.4) is 0 Å². The lowest BCUT2D eigenvalue weighted by Gasteiger charge is -2.16. The lowest BCUT2D eigenvalue weighted by Crippen LogP contribution is -2.23. The van der Waals surface area contributed by atoms with Crippen molar-refractivity contribution in [3.05, 3.63) is 61.6 Å². The Bertz CT molecular complexity index is 1270. The van der Waals surface area contributed by atoms with E-state index >= 15 is 0 Å². The molecule has 1 atom stereocenters. The van der Waals surface area contributed by atoms with Gasteiger partial charge >= 0.3 is 5.97 Å². The molecule has 0 radical (unpaired) electrons. The Hall–Kier alpha value is -2.91. The number of benzene rings is 2. The number of rotatable bonds is 7. The third kappa shape index (κ3) is 4.94. The van der Waals surface area contributed by atoms with Crippen LogP contribution in [0.5, 0.6) is 11.5 Å². The van der Waals surface area contributed by atoms with Gasteiger partial charge in [-0.15, -0.1) is 0 Å². The molecule has 0 aliphatic carbocycles. The van der Waals surface area contributed by atoms with Gasteiger partial charge in [-0.3, -0.25) is 4.79 Å². The van der Waals surface area contributed by atoms with Crippen LogP contribution in [0.25, 0.3) is 10.9 Å². The van der Waals surface area contributed by atoms with E-state index in [4.69, 9.17) is 26.2 Å². The van der Waals surface area contributed by atoms with Crippen LogP contribution >= 0.6 is 27.5 Å². The number of fused-ring (bicyclic) bond motifs is 1. The smallest absolute Gasteiger partial charge is 0.344 e. The molecule has 0 fully saturated rings. The van der Waals surface area contributed by atoms with Crippen molar-refractivity contribution < 1.29 is 19.4 Å². The predicted octanol–water partition coefficient (Wildman–Crippen LogP) is 4.68. The standard InChI is InChI=1S/C22H21BrClN3O5/c1-11(2)20-26-17-6-5-14(23)9-15(17)21(28)27(20)25-10-13-7-16(24)19(18(8-13)31-4)32-12(3)22(29)30/h5-12H,1-4H3,(H,29,30)/t12-/m1/s1. The molecule has 10 heteroatoms. The van der Waals surface area contributed by atoms with Crippen LogP contribution in [0.4, 0.5) is 0 Å². The maximum absolute atomic E-state index is 13.1. The van der Waals surface area contributed by atoms with Crippen LogP contribution in [-0.4, -0.2) is 40.2 Å². The van der Waals surface area contributed by atoms with Crippen LogP contribution in [0.1, 0.15) is 38.1 Å². The highest BCUT2D eigenvalue weighted by molar-refractivity contribution is 9.10. The van der Waals surface area contributed by atoms with Gasteiger partial charge in [0.05, 0.1) is 29.2 Å². The van der Waals surface area contributed by atoms with Crippen LogP contribution < -0.4 is 15.0 Å². The summed E-state index contributed by atoms with van der Waals surface area (Å²) in [4.78, 5) is 28.8. The van der Waals surface area contributed by atoms with Crippen molar-refractivity contribution in [1.82, 2.24) is 9.66 Å². The largest absolute Gasteiger partial charge is 0.493 e. The third-order valence-electron chi connectivity index (χ3n) is 4.57. The topological polar surface area (TPSA) is 103 Å². The maximum atomic E-state index is 13.1. The highest BCUT2D eigenvalue weighted by Crippen LogP contribution is 2.36. The third-order valence-corrected chi connectivity index (χ3v) is 5.34. The first-order chi connectivity index (χ1) is 15.1. The number of halogens is 2. The zero-order chi connectivity index (χ0) is 23.6. The van der Waals surface area contributed by atoms with E-state index < -0.39 is 12.1 Å². The highest BCUT2D eigenvalue weighted by atomic mass is 79.9. The Labute approximate surface area is 197 Å². The van der Waals surface area contributed by atoms with E-state index in [0.717, 1.165) is 4.47 Å². The summed E-state index contributed by atoms with van der Waals surface area (Å²) in [5.74, 6) is -0.332. The lowest BCUT2D eigenvalue weighted by atomic mass is 10.2. The van der Waals surface area contributed by atoms with Gasteiger partial charge in [0.1, 0.15) is 5.82 Å². The van der Waals surface area contributed by atoms with Gasteiger partial charge in [-0.05, 0) is 42.8 Å². The number of carboxylic acids is 1. The number of ether oxygens (including phenoxy) is 2. The van der Waals surface area contributed by atoms with Crippen molar-refractivity contribution >= 4 is 50.6 Å². The summed E-state index contributed by atoms with van der Waals surface area (Å²) < 4.78 is 12.7. The Morgan fingerprint density at radius 2 is 2.00 bits per heavy atom. The minimum Gasteiger partial charge on any atom is -0.493 e. The maximum Gasteiger partial charge on any atom is 0.344 e. The number of nitrogens with zero attached hydrogens (tertiary/aromatic N) is 3. The van der Waals surface area contributed by atoms with Gasteiger partial charge in [-0.25, -0.2) is 9.78 Å². The molecule has 8 nitrogen and oxygen atoms in total. The number of carboxylic acid groups (broad SMARTS) is 1. The number of hydrogen-bond donors (Lipinski definition) is 1. The quantitative estimate of drug-likeness (QED) is 0.452. The molecule has 0 amide bonds. The first-order valence-electron chi connectivity index (χ1n) is 9.66. The van der Waals surface area contributed by atoms with E-state index in [9.17, 15) is 9.59 Å². The van der Waals surface area contributed by atoms with Crippen molar-refractivity contribution in [1.29, 1.82) is 0 Å². The summed E-state index contributed by atoms with van der Waals surface area (Å²) in [6.07, 6.45) is 0.341. The molecule has 3 rings (SSSR count). The molecule has 1 heterocycles. The summed E-state index contributed by atoms with van der Waals surface area (Å²) in [5, 5.41) is 14.0. The fourth-order valence-corrected chi connectivity index (χ4v) is 3.56. The summed E-state index contributed by atoms with van der Waals surface area (Å²) >= 11 is 9.69. The minimum atomic E-state index is -1.13. The first kappa shape index (κ1) is 23.7. The van der Waals surface area contributed by atoms with Crippen LogP contribution in [-0.2, 0) is 4.79 Å². The molecule has 168 valence electrons. The lowest BCUT2D eigenvalue weighted by molar-refractivity contribution is -0.144. The molecule has 0 saturated carbocycles. The van der Waals surface area contributed by atoms with Crippen molar-refractivity contribution in [2.24, 2.45) is 5.10 Å². The monoisotopic (exact) mass is 521 g/mol. The molecule has 3 aromatic rings. The Kier molecular flexibility index (Phi) is 7.20. The number of aromatic nitrogens is 2. The van der Waals surface area contributed by atoms with E-state index in [1.807, 2.05) is 19.9 Å². The number of methoxy groups -OCH3 is 1. The van der Waals surface area contributed by atoms with Crippen molar-refractivity contribution in [2.75, 3.05) is 7.11 Å². The average molecular weight is 523 g/mol. The molecule has 32 heavy (non-hydrogen) atoms. The second kappa shape index (κ2) is 9.70. The number of carbonyl (C=O) groups is 1. The highest BCUT2D eigenvalue weighted by Gasteiger charge is 2.19. The van der Waals surface area contributed by atoms with Gasteiger partial charge in [0.15, 0.2) is 17.6 Å². The zero-order valence-electron chi connectivity index (χ0n) is 17.8. The molecular weight excluding hydrogens is 502 g/mol. The fraction of sp³-hybridized carbons (Fsp3) is 0.273.